The van der Waals surface area contributed by atoms with Gasteiger partial charge in [-0.1, -0.05) is 32.9 Å². The van der Waals surface area contributed by atoms with Crippen LogP contribution in [0.25, 0.3) is 10.9 Å². The van der Waals surface area contributed by atoms with Gasteiger partial charge in [-0.05, 0) is 55.7 Å². The lowest BCUT2D eigenvalue weighted by molar-refractivity contribution is -0.118. The molecule has 0 bridgehead atoms. The van der Waals surface area contributed by atoms with E-state index in [1.165, 1.54) is 22.2 Å². The first-order valence-electron chi connectivity index (χ1n) is 7.84. The molecule has 2 aromatic rings. The summed E-state index contributed by atoms with van der Waals surface area (Å²) >= 11 is 0. The molecule has 0 aliphatic rings. The number of aryl methyl sites for hydroxylation is 2. The van der Waals surface area contributed by atoms with Crippen molar-refractivity contribution in [1.29, 1.82) is 0 Å². The summed E-state index contributed by atoms with van der Waals surface area (Å²) in [6, 6.07) is 8.68. The molecule has 21 heavy (non-hydrogen) atoms. The number of carbonyl (C=O) groups is 1. The summed E-state index contributed by atoms with van der Waals surface area (Å²) in [5, 5.41) is 1.32. The van der Waals surface area contributed by atoms with Crippen molar-refractivity contribution in [1.82, 2.24) is 4.98 Å². The van der Waals surface area contributed by atoms with Crippen LogP contribution < -0.4 is 0 Å². The predicted molar refractivity (Wildman–Crippen MR) is 89.6 cm³/mol. The number of aromatic amines is 1. The van der Waals surface area contributed by atoms with Gasteiger partial charge in [-0.3, -0.25) is 0 Å². The molecule has 0 saturated carbocycles. The Kier molecular flexibility index (Phi) is 4.55. The lowest BCUT2D eigenvalue weighted by Gasteiger charge is -2.30. The van der Waals surface area contributed by atoms with E-state index in [2.05, 4.69) is 56.9 Å². The molecular weight excluding hydrogens is 258 g/mol. The topological polar surface area (TPSA) is 32.9 Å². The zero-order valence-electron chi connectivity index (χ0n) is 13.9. The molecule has 2 rings (SSSR count). The molecule has 1 unspecified atom stereocenters. The molecule has 1 heterocycles. The Balaban J connectivity index is 2.17. The van der Waals surface area contributed by atoms with Crippen molar-refractivity contribution < 1.29 is 4.79 Å². The number of H-pyrrole nitrogens is 1. The van der Waals surface area contributed by atoms with Crippen molar-refractivity contribution in [2.75, 3.05) is 0 Å². The minimum Gasteiger partial charge on any atom is -0.359 e. The van der Waals surface area contributed by atoms with E-state index in [-0.39, 0.29) is 5.41 Å². The van der Waals surface area contributed by atoms with E-state index in [0.29, 0.717) is 18.1 Å². The first-order valence-corrected chi connectivity index (χ1v) is 7.84. The molecule has 114 valence electrons. The van der Waals surface area contributed by atoms with E-state index >= 15 is 0 Å². The van der Waals surface area contributed by atoms with Crippen LogP contribution in [0.15, 0.2) is 24.3 Å². The van der Waals surface area contributed by atoms with Crippen LogP contribution >= 0.6 is 0 Å². The monoisotopic (exact) mass is 285 g/mol. The molecule has 0 aliphatic heterocycles. The van der Waals surface area contributed by atoms with Gasteiger partial charge in [0.05, 0.1) is 0 Å². The molecule has 1 aromatic carbocycles. The van der Waals surface area contributed by atoms with Gasteiger partial charge in [0, 0.05) is 23.0 Å². The third-order valence-electron chi connectivity index (χ3n) is 4.41. The summed E-state index contributed by atoms with van der Waals surface area (Å²) in [7, 11) is 0. The lowest BCUT2D eigenvalue weighted by atomic mass is 9.75. The van der Waals surface area contributed by atoms with E-state index in [1.54, 1.807) is 6.92 Å². The van der Waals surface area contributed by atoms with Crippen LogP contribution in [0.2, 0.25) is 0 Å². The zero-order chi connectivity index (χ0) is 15.6. The SMILES string of the molecule is CC(=O)CC(CCc1cccc2[nH]c(C)cc12)C(C)(C)C. The van der Waals surface area contributed by atoms with Crippen molar-refractivity contribution in [3.8, 4) is 0 Å². The smallest absolute Gasteiger partial charge is 0.130 e. The van der Waals surface area contributed by atoms with Gasteiger partial charge in [0.15, 0.2) is 0 Å². The fraction of sp³-hybridized carbons (Fsp3) is 0.526. The quantitative estimate of drug-likeness (QED) is 0.819. The van der Waals surface area contributed by atoms with Crippen LogP contribution in [-0.2, 0) is 11.2 Å². The Labute approximate surface area is 127 Å². The Bertz CT molecular complexity index is 631. The number of aromatic nitrogens is 1. The molecular formula is C19H27NO. The third kappa shape index (κ3) is 3.96. The fourth-order valence-corrected chi connectivity index (χ4v) is 3.09. The number of nitrogens with one attached hydrogen (secondary N) is 1. The molecule has 0 spiro atoms. The van der Waals surface area contributed by atoms with Crippen LogP contribution in [-0.4, -0.2) is 10.8 Å². The van der Waals surface area contributed by atoms with Gasteiger partial charge in [0.25, 0.3) is 0 Å². The zero-order valence-corrected chi connectivity index (χ0v) is 13.9. The maximum absolute atomic E-state index is 11.5. The van der Waals surface area contributed by atoms with Gasteiger partial charge in [-0.15, -0.1) is 0 Å². The molecule has 2 heteroatoms. The van der Waals surface area contributed by atoms with Gasteiger partial charge in [-0.25, -0.2) is 0 Å². The Morgan fingerprint density at radius 3 is 2.62 bits per heavy atom. The minimum atomic E-state index is 0.174. The van der Waals surface area contributed by atoms with Gasteiger partial charge in [-0.2, -0.15) is 0 Å². The Morgan fingerprint density at radius 2 is 2.00 bits per heavy atom. The van der Waals surface area contributed by atoms with Gasteiger partial charge >= 0.3 is 0 Å². The van der Waals surface area contributed by atoms with Gasteiger partial charge in [0.2, 0.25) is 0 Å². The fourth-order valence-electron chi connectivity index (χ4n) is 3.09. The average molecular weight is 285 g/mol. The number of carbonyl (C=O) groups excluding carboxylic acids is 1. The normalized spacial score (nSPS) is 13.6. The summed E-state index contributed by atoms with van der Waals surface area (Å²) < 4.78 is 0. The number of Topliss-reactive ketones (excluding diaryl/α,β-unsaturated/α-hetero) is 1. The number of fused-ring (bicyclic) bond motifs is 1. The molecule has 0 radical (unpaired) electrons. The second-order valence-corrected chi connectivity index (χ2v) is 7.34. The van der Waals surface area contributed by atoms with E-state index in [1.807, 2.05) is 0 Å². The number of rotatable bonds is 5. The van der Waals surface area contributed by atoms with E-state index < -0.39 is 0 Å². The molecule has 1 aromatic heterocycles. The number of hydrogen-bond acceptors (Lipinski definition) is 1. The largest absolute Gasteiger partial charge is 0.359 e. The molecule has 0 aliphatic carbocycles. The maximum Gasteiger partial charge on any atom is 0.130 e. The number of hydrogen-bond donors (Lipinski definition) is 1. The van der Waals surface area contributed by atoms with Crippen molar-refractivity contribution in [2.45, 2.75) is 53.9 Å². The second kappa shape index (κ2) is 6.05. The summed E-state index contributed by atoms with van der Waals surface area (Å²) in [5.74, 6) is 0.732. The highest BCUT2D eigenvalue weighted by atomic mass is 16.1. The number of ketones is 1. The third-order valence-corrected chi connectivity index (χ3v) is 4.41. The second-order valence-electron chi connectivity index (χ2n) is 7.34. The van der Waals surface area contributed by atoms with Crippen LogP contribution in [0.1, 0.15) is 51.8 Å². The summed E-state index contributed by atoms with van der Waals surface area (Å²) in [6.45, 7) is 10.5. The van der Waals surface area contributed by atoms with Crippen molar-refractivity contribution in [3.63, 3.8) is 0 Å². The Morgan fingerprint density at radius 1 is 1.29 bits per heavy atom. The van der Waals surface area contributed by atoms with Gasteiger partial charge < -0.3 is 9.78 Å². The molecule has 0 amide bonds. The highest BCUT2D eigenvalue weighted by Gasteiger charge is 2.25. The molecule has 2 nitrogen and oxygen atoms in total. The summed E-state index contributed by atoms with van der Waals surface area (Å²) in [4.78, 5) is 14.9. The Hall–Kier alpha value is -1.57. The van der Waals surface area contributed by atoms with Crippen LogP contribution in [0.5, 0.6) is 0 Å². The molecule has 0 saturated heterocycles. The first-order chi connectivity index (χ1) is 9.77. The van der Waals surface area contributed by atoms with E-state index in [4.69, 9.17) is 0 Å². The van der Waals surface area contributed by atoms with Crippen molar-refractivity contribution in [2.24, 2.45) is 11.3 Å². The van der Waals surface area contributed by atoms with Crippen molar-refractivity contribution >= 4 is 16.7 Å². The highest BCUT2D eigenvalue weighted by molar-refractivity contribution is 5.83. The minimum absolute atomic E-state index is 0.174. The first kappa shape index (κ1) is 15.8. The molecule has 1 N–H and O–H groups in total. The molecule has 0 fully saturated rings. The lowest BCUT2D eigenvalue weighted by Crippen LogP contribution is -2.23. The highest BCUT2D eigenvalue weighted by Crippen LogP contribution is 2.33. The van der Waals surface area contributed by atoms with Crippen LogP contribution in [0.4, 0.5) is 0 Å². The standard InChI is InChI=1S/C19H27NO/c1-13-11-17-15(7-6-8-18(17)20-13)9-10-16(12-14(2)21)19(3,4)5/h6-8,11,16,20H,9-10,12H2,1-5H3. The van der Waals surface area contributed by atoms with E-state index in [9.17, 15) is 4.79 Å². The number of benzene rings is 1. The van der Waals surface area contributed by atoms with Gasteiger partial charge in [0.1, 0.15) is 5.78 Å². The van der Waals surface area contributed by atoms with Crippen LogP contribution in [0, 0.1) is 18.3 Å². The van der Waals surface area contributed by atoms with Crippen molar-refractivity contribution in [3.05, 3.63) is 35.5 Å². The maximum atomic E-state index is 11.5. The van der Waals surface area contributed by atoms with Crippen LogP contribution in [0.3, 0.4) is 0 Å². The average Bonchev–Trinajstić information content (AvgIpc) is 2.73. The summed E-state index contributed by atoms with van der Waals surface area (Å²) in [5.41, 5.74) is 3.97. The summed E-state index contributed by atoms with van der Waals surface area (Å²) in [6.07, 6.45) is 2.78. The molecule has 1 atom stereocenters. The van der Waals surface area contributed by atoms with E-state index in [0.717, 1.165) is 12.8 Å². The predicted octanol–water partition coefficient (Wildman–Crippen LogP) is 5.05.